The molecule has 1 fully saturated rings. The number of benzene rings is 1. The standard InChI is InChI=1S/C12H17BrN2/c13-10-5-3-9(12(14)8-10)4-6-11-2-1-7-15-11/h3,5,8,11,15H,1-2,4,6-7,14H2. The Hall–Kier alpha value is -0.540. The molecule has 1 atom stereocenters. The van der Waals surface area contributed by atoms with Gasteiger partial charge in [-0.2, -0.15) is 0 Å². The lowest BCUT2D eigenvalue weighted by Crippen LogP contribution is -2.21. The van der Waals surface area contributed by atoms with E-state index in [1.807, 2.05) is 6.07 Å². The number of aryl methyl sites for hydroxylation is 1. The fraction of sp³-hybridized carbons (Fsp3) is 0.500. The molecule has 1 aliphatic rings. The van der Waals surface area contributed by atoms with Crippen LogP contribution in [0.15, 0.2) is 22.7 Å². The maximum atomic E-state index is 5.96. The summed E-state index contributed by atoms with van der Waals surface area (Å²) in [7, 11) is 0. The largest absolute Gasteiger partial charge is 0.398 e. The molecular weight excluding hydrogens is 252 g/mol. The van der Waals surface area contributed by atoms with Gasteiger partial charge < -0.3 is 11.1 Å². The first-order chi connectivity index (χ1) is 7.25. The first kappa shape index (κ1) is 11.0. The van der Waals surface area contributed by atoms with Gasteiger partial charge in [0.2, 0.25) is 0 Å². The van der Waals surface area contributed by atoms with Crippen molar-refractivity contribution in [1.82, 2.24) is 5.32 Å². The summed E-state index contributed by atoms with van der Waals surface area (Å²) in [5.41, 5.74) is 8.13. The molecule has 1 heterocycles. The third-order valence-corrected chi connectivity index (χ3v) is 3.53. The highest BCUT2D eigenvalue weighted by molar-refractivity contribution is 9.10. The van der Waals surface area contributed by atoms with Crippen LogP contribution in [0.5, 0.6) is 0 Å². The Morgan fingerprint density at radius 1 is 1.47 bits per heavy atom. The molecule has 1 aromatic rings. The second kappa shape index (κ2) is 4.99. The van der Waals surface area contributed by atoms with Crippen LogP contribution in [-0.2, 0) is 6.42 Å². The van der Waals surface area contributed by atoms with Crippen LogP contribution in [0.3, 0.4) is 0 Å². The monoisotopic (exact) mass is 268 g/mol. The molecule has 15 heavy (non-hydrogen) atoms. The normalized spacial score (nSPS) is 20.7. The summed E-state index contributed by atoms with van der Waals surface area (Å²) >= 11 is 3.42. The maximum Gasteiger partial charge on any atom is 0.0357 e. The molecule has 82 valence electrons. The van der Waals surface area contributed by atoms with Crippen LogP contribution < -0.4 is 11.1 Å². The van der Waals surface area contributed by atoms with Crippen molar-refractivity contribution in [2.24, 2.45) is 0 Å². The highest BCUT2D eigenvalue weighted by atomic mass is 79.9. The van der Waals surface area contributed by atoms with Gasteiger partial charge >= 0.3 is 0 Å². The molecule has 0 amide bonds. The zero-order chi connectivity index (χ0) is 10.7. The van der Waals surface area contributed by atoms with Crippen molar-refractivity contribution in [2.45, 2.75) is 31.7 Å². The highest BCUT2D eigenvalue weighted by Gasteiger charge is 2.13. The van der Waals surface area contributed by atoms with Crippen molar-refractivity contribution in [1.29, 1.82) is 0 Å². The SMILES string of the molecule is Nc1cc(Br)ccc1CCC1CCCN1. The minimum absolute atomic E-state index is 0.702. The van der Waals surface area contributed by atoms with Crippen LogP contribution in [0.25, 0.3) is 0 Å². The summed E-state index contributed by atoms with van der Waals surface area (Å²) < 4.78 is 1.06. The molecule has 1 unspecified atom stereocenters. The van der Waals surface area contributed by atoms with Crippen molar-refractivity contribution in [2.75, 3.05) is 12.3 Å². The molecule has 0 radical (unpaired) electrons. The molecule has 0 saturated carbocycles. The summed E-state index contributed by atoms with van der Waals surface area (Å²) in [6.07, 6.45) is 4.92. The molecule has 0 aromatic heterocycles. The van der Waals surface area contributed by atoms with E-state index in [4.69, 9.17) is 5.73 Å². The Kier molecular flexibility index (Phi) is 3.65. The first-order valence-electron chi connectivity index (χ1n) is 5.53. The summed E-state index contributed by atoms with van der Waals surface area (Å²) in [6, 6.07) is 6.87. The van der Waals surface area contributed by atoms with Gasteiger partial charge in [0.25, 0.3) is 0 Å². The average molecular weight is 269 g/mol. The third-order valence-electron chi connectivity index (χ3n) is 3.03. The summed E-state index contributed by atoms with van der Waals surface area (Å²) in [4.78, 5) is 0. The van der Waals surface area contributed by atoms with Crippen molar-refractivity contribution < 1.29 is 0 Å². The molecule has 0 aliphatic carbocycles. The number of hydrogen-bond donors (Lipinski definition) is 2. The van der Waals surface area contributed by atoms with E-state index in [1.54, 1.807) is 0 Å². The van der Waals surface area contributed by atoms with Gasteiger partial charge in [0, 0.05) is 16.2 Å². The van der Waals surface area contributed by atoms with Crippen LogP contribution in [-0.4, -0.2) is 12.6 Å². The van der Waals surface area contributed by atoms with Gasteiger partial charge in [0.15, 0.2) is 0 Å². The van der Waals surface area contributed by atoms with Gasteiger partial charge in [0.05, 0.1) is 0 Å². The van der Waals surface area contributed by atoms with E-state index >= 15 is 0 Å². The summed E-state index contributed by atoms with van der Waals surface area (Å²) in [5.74, 6) is 0. The lowest BCUT2D eigenvalue weighted by atomic mass is 10.0. The van der Waals surface area contributed by atoms with Crippen molar-refractivity contribution in [3.8, 4) is 0 Å². The number of nitrogen functional groups attached to an aromatic ring is 1. The van der Waals surface area contributed by atoms with E-state index in [0.29, 0.717) is 6.04 Å². The molecule has 3 N–H and O–H groups in total. The Bertz CT molecular complexity index is 332. The average Bonchev–Trinajstić information content (AvgIpc) is 2.69. The molecule has 3 heteroatoms. The highest BCUT2D eigenvalue weighted by Crippen LogP contribution is 2.21. The van der Waals surface area contributed by atoms with Crippen LogP contribution >= 0.6 is 15.9 Å². The van der Waals surface area contributed by atoms with E-state index in [0.717, 1.165) is 16.6 Å². The molecule has 0 spiro atoms. The van der Waals surface area contributed by atoms with E-state index in [2.05, 4.69) is 33.4 Å². The minimum atomic E-state index is 0.702. The molecule has 1 aliphatic heterocycles. The number of nitrogens with one attached hydrogen (secondary N) is 1. The van der Waals surface area contributed by atoms with Crippen molar-refractivity contribution in [3.05, 3.63) is 28.2 Å². The van der Waals surface area contributed by atoms with E-state index < -0.39 is 0 Å². The summed E-state index contributed by atoms with van der Waals surface area (Å²) in [6.45, 7) is 1.18. The van der Waals surface area contributed by atoms with E-state index in [9.17, 15) is 0 Å². The number of halogens is 1. The predicted octanol–water partition coefficient (Wildman–Crippen LogP) is 2.72. The van der Waals surface area contributed by atoms with Gasteiger partial charge in [-0.15, -0.1) is 0 Å². The summed E-state index contributed by atoms with van der Waals surface area (Å²) in [5, 5.41) is 3.51. The van der Waals surface area contributed by atoms with Gasteiger partial charge in [0.1, 0.15) is 0 Å². The maximum absolute atomic E-state index is 5.96. The number of rotatable bonds is 3. The quantitative estimate of drug-likeness (QED) is 0.828. The van der Waals surface area contributed by atoms with Crippen LogP contribution in [0, 0.1) is 0 Å². The Morgan fingerprint density at radius 3 is 3.00 bits per heavy atom. The Balaban J connectivity index is 1.92. The molecule has 0 bridgehead atoms. The molecule has 2 rings (SSSR count). The molecule has 2 nitrogen and oxygen atoms in total. The second-order valence-electron chi connectivity index (χ2n) is 4.18. The minimum Gasteiger partial charge on any atom is -0.398 e. The van der Waals surface area contributed by atoms with Gasteiger partial charge in [-0.25, -0.2) is 0 Å². The van der Waals surface area contributed by atoms with E-state index in [-0.39, 0.29) is 0 Å². The number of nitrogens with two attached hydrogens (primary N) is 1. The topological polar surface area (TPSA) is 38.0 Å². The predicted molar refractivity (Wildman–Crippen MR) is 67.9 cm³/mol. The lowest BCUT2D eigenvalue weighted by molar-refractivity contribution is 0.559. The van der Waals surface area contributed by atoms with Gasteiger partial charge in [-0.3, -0.25) is 0 Å². The zero-order valence-corrected chi connectivity index (χ0v) is 10.4. The molecule has 1 aromatic carbocycles. The first-order valence-corrected chi connectivity index (χ1v) is 6.32. The molecular formula is C12H17BrN2. The van der Waals surface area contributed by atoms with E-state index in [1.165, 1.54) is 31.4 Å². The van der Waals surface area contributed by atoms with Gasteiger partial charge in [-0.05, 0) is 49.9 Å². The third kappa shape index (κ3) is 2.95. The van der Waals surface area contributed by atoms with Gasteiger partial charge in [-0.1, -0.05) is 22.0 Å². The Labute approximate surface area is 99.4 Å². The second-order valence-corrected chi connectivity index (χ2v) is 5.09. The lowest BCUT2D eigenvalue weighted by Gasteiger charge is -2.11. The smallest absolute Gasteiger partial charge is 0.0357 e. The van der Waals surface area contributed by atoms with Crippen LogP contribution in [0.4, 0.5) is 5.69 Å². The Morgan fingerprint density at radius 2 is 2.33 bits per heavy atom. The zero-order valence-electron chi connectivity index (χ0n) is 8.80. The van der Waals surface area contributed by atoms with Crippen LogP contribution in [0.1, 0.15) is 24.8 Å². The fourth-order valence-corrected chi connectivity index (χ4v) is 2.51. The fourth-order valence-electron chi connectivity index (χ4n) is 2.13. The molecule has 1 saturated heterocycles. The number of anilines is 1. The van der Waals surface area contributed by atoms with Crippen LogP contribution in [0.2, 0.25) is 0 Å². The van der Waals surface area contributed by atoms with Crippen molar-refractivity contribution in [3.63, 3.8) is 0 Å². The number of hydrogen-bond acceptors (Lipinski definition) is 2. The van der Waals surface area contributed by atoms with Crippen molar-refractivity contribution >= 4 is 21.6 Å².